The van der Waals surface area contributed by atoms with Gasteiger partial charge in [0.05, 0.1) is 18.8 Å². The van der Waals surface area contributed by atoms with Gasteiger partial charge in [-0.2, -0.15) is 0 Å². The van der Waals surface area contributed by atoms with Crippen LogP contribution in [0.4, 0.5) is 0 Å². The number of methoxy groups -OCH3 is 1. The van der Waals surface area contributed by atoms with Crippen molar-refractivity contribution >= 4 is 5.91 Å². The number of carbonyl (C=O) groups excluding carboxylic acids is 1. The number of pyridine rings is 2. The van der Waals surface area contributed by atoms with Gasteiger partial charge in [-0.1, -0.05) is 24.3 Å². The van der Waals surface area contributed by atoms with E-state index in [1.54, 1.807) is 13.3 Å². The van der Waals surface area contributed by atoms with Gasteiger partial charge < -0.3 is 9.64 Å². The van der Waals surface area contributed by atoms with Gasteiger partial charge in [-0.25, -0.2) is 4.98 Å². The summed E-state index contributed by atoms with van der Waals surface area (Å²) in [4.78, 5) is 23.9. The first-order valence-electron chi connectivity index (χ1n) is 9.58. The molecule has 1 aliphatic heterocycles. The van der Waals surface area contributed by atoms with E-state index in [2.05, 4.69) is 16.0 Å². The van der Waals surface area contributed by atoms with Gasteiger partial charge in [0.15, 0.2) is 0 Å². The molecule has 4 rings (SSSR count). The second-order valence-electron chi connectivity index (χ2n) is 6.94. The first kappa shape index (κ1) is 18.2. The lowest BCUT2D eigenvalue weighted by molar-refractivity contribution is 0.0611. The van der Waals surface area contributed by atoms with Crippen LogP contribution in [0.2, 0.25) is 0 Å². The van der Waals surface area contributed by atoms with Crippen molar-refractivity contribution in [3.05, 3.63) is 78.1 Å². The topological polar surface area (TPSA) is 55.3 Å². The fraction of sp³-hybridized carbons (Fsp3) is 0.261. The predicted octanol–water partition coefficient (Wildman–Crippen LogP) is 4.52. The van der Waals surface area contributed by atoms with Gasteiger partial charge in [0, 0.05) is 36.1 Å². The summed E-state index contributed by atoms with van der Waals surface area (Å²) < 4.78 is 5.19. The Morgan fingerprint density at radius 2 is 1.93 bits per heavy atom. The Morgan fingerprint density at radius 1 is 1.07 bits per heavy atom. The third-order valence-electron chi connectivity index (χ3n) is 5.19. The Balaban J connectivity index is 1.57. The molecule has 1 aromatic carbocycles. The van der Waals surface area contributed by atoms with Crippen LogP contribution in [0.25, 0.3) is 11.3 Å². The minimum Gasteiger partial charge on any atom is -0.481 e. The fourth-order valence-electron chi connectivity index (χ4n) is 3.73. The van der Waals surface area contributed by atoms with E-state index in [1.165, 1.54) is 0 Å². The molecule has 0 spiro atoms. The molecule has 5 heteroatoms. The summed E-state index contributed by atoms with van der Waals surface area (Å²) in [5.74, 6) is 0.643. The quantitative estimate of drug-likeness (QED) is 0.675. The maximum atomic E-state index is 13.2. The molecule has 0 bridgehead atoms. The zero-order chi connectivity index (χ0) is 19.3. The highest BCUT2D eigenvalue weighted by Crippen LogP contribution is 2.32. The van der Waals surface area contributed by atoms with Crippen LogP contribution < -0.4 is 4.74 Å². The fourth-order valence-corrected chi connectivity index (χ4v) is 3.73. The Morgan fingerprint density at radius 3 is 2.68 bits per heavy atom. The highest BCUT2D eigenvalue weighted by atomic mass is 16.5. The molecule has 28 heavy (non-hydrogen) atoms. The molecule has 1 aliphatic rings. The summed E-state index contributed by atoms with van der Waals surface area (Å²) in [6, 6.07) is 17.4. The lowest BCUT2D eigenvalue weighted by atomic mass is 9.95. The Bertz CT molecular complexity index is 942. The summed E-state index contributed by atoms with van der Waals surface area (Å²) in [5, 5.41) is 0. The normalized spacial score (nSPS) is 16.6. The third kappa shape index (κ3) is 3.74. The van der Waals surface area contributed by atoms with Gasteiger partial charge in [-0.05, 0) is 49.1 Å². The number of benzene rings is 1. The molecule has 0 saturated carbocycles. The number of amides is 1. The van der Waals surface area contributed by atoms with Crippen LogP contribution in [0.15, 0.2) is 67.0 Å². The molecule has 1 amide bonds. The number of piperidine rings is 1. The van der Waals surface area contributed by atoms with E-state index in [4.69, 9.17) is 4.74 Å². The molecule has 142 valence electrons. The van der Waals surface area contributed by atoms with Crippen LogP contribution in [0, 0.1) is 0 Å². The van der Waals surface area contributed by atoms with Crippen molar-refractivity contribution in [1.29, 1.82) is 0 Å². The van der Waals surface area contributed by atoms with Gasteiger partial charge in [0.2, 0.25) is 5.88 Å². The van der Waals surface area contributed by atoms with Gasteiger partial charge >= 0.3 is 0 Å². The summed E-state index contributed by atoms with van der Waals surface area (Å²) in [5.41, 5.74) is 3.58. The number of hydrogen-bond donors (Lipinski definition) is 0. The van der Waals surface area contributed by atoms with Gasteiger partial charge in [0.25, 0.3) is 5.91 Å². The van der Waals surface area contributed by atoms with E-state index in [-0.39, 0.29) is 11.9 Å². The number of ether oxygens (including phenoxy) is 1. The van der Waals surface area contributed by atoms with Crippen molar-refractivity contribution in [3.8, 4) is 17.1 Å². The van der Waals surface area contributed by atoms with Gasteiger partial charge in [-0.3, -0.25) is 9.78 Å². The predicted molar refractivity (Wildman–Crippen MR) is 108 cm³/mol. The average molecular weight is 373 g/mol. The van der Waals surface area contributed by atoms with Crippen molar-refractivity contribution in [3.63, 3.8) is 0 Å². The first-order chi connectivity index (χ1) is 13.8. The molecular formula is C23H23N3O2. The van der Waals surface area contributed by atoms with Crippen molar-refractivity contribution in [2.24, 2.45) is 0 Å². The number of rotatable bonds is 4. The minimum atomic E-state index is 0.0682. The SMILES string of the molecule is COc1cccc(-c2ccc(C(=O)N3CCCCC3c3cccnc3)cc2)n1. The van der Waals surface area contributed by atoms with E-state index in [0.29, 0.717) is 11.4 Å². The Hall–Kier alpha value is -3.21. The van der Waals surface area contributed by atoms with Gasteiger partial charge in [-0.15, -0.1) is 0 Å². The van der Waals surface area contributed by atoms with Crippen molar-refractivity contribution < 1.29 is 9.53 Å². The van der Waals surface area contributed by atoms with E-state index < -0.39 is 0 Å². The van der Waals surface area contributed by atoms with Crippen LogP contribution in [0.3, 0.4) is 0 Å². The van der Waals surface area contributed by atoms with Crippen LogP contribution in [0.1, 0.15) is 41.2 Å². The summed E-state index contributed by atoms with van der Waals surface area (Å²) >= 11 is 0. The van der Waals surface area contributed by atoms with Crippen molar-refractivity contribution in [2.45, 2.75) is 25.3 Å². The van der Waals surface area contributed by atoms with Gasteiger partial charge in [0.1, 0.15) is 0 Å². The smallest absolute Gasteiger partial charge is 0.254 e. The molecule has 1 fully saturated rings. The van der Waals surface area contributed by atoms with Crippen molar-refractivity contribution in [1.82, 2.24) is 14.9 Å². The molecule has 1 unspecified atom stereocenters. The van der Waals surface area contributed by atoms with E-state index >= 15 is 0 Å². The second kappa shape index (κ2) is 8.21. The molecule has 1 saturated heterocycles. The second-order valence-corrected chi connectivity index (χ2v) is 6.94. The standard InChI is InChI=1S/C23H23N3O2/c1-28-22-9-4-7-20(25-22)17-10-12-18(13-11-17)23(27)26-15-3-2-8-21(26)19-6-5-14-24-16-19/h4-7,9-14,16,21H,2-3,8,15H2,1H3. The number of hydrogen-bond acceptors (Lipinski definition) is 4. The number of aromatic nitrogens is 2. The Labute approximate surface area is 165 Å². The third-order valence-corrected chi connectivity index (χ3v) is 5.19. The largest absolute Gasteiger partial charge is 0.481 e. The van der Waals surface area contributed by atoms with Crippen LogP contribution in [-0.4, -0.2) is 34.4 Å². The molecule has 0 N–H and O–H groups in total. The maximum absolute atomic E-state index is 13.2. The van der Waals surface area contributed by atoms with Crippen molar-refractivity contribution in [2.75, 3.05) is 13.7 Å². The monoisotopic (exact) mass is 373 g/mol. The minimum absolute atomic E-state index is 0.0682. The molecule has 0 radical (unpaired) electrons. The zero-order valence-corrected chi connectivity index (χ0v) is 15.9. The molecule has 3 heterocycles. The van der Waals surface area contributed by atoms with Crippen LogP contribution >= 0.6 is 0 Å². The molecule has 5 nitrogen and oxygen atoms in total. The lowest BCUT2D eigenvalue weighted by Gasteiger charge is -2.36. The molecule has 0 aliphatic carbocycles. The first-order valence-corrected chi connectivity index (χ1v) is 9.58. The lowest BCUT2D eigenvalue weighted by Crippen LogP contribution is -2.38. The average Bonchev–Trinajstić information content (AvgIpc) is 2.79. The van der Waals surface area contributed by atoms with Crippen LogP contribution in [-0.2, 0) is 0 Å². The highest BCUT2D eigenvalue weighted by molar-refractivity contribution is 5.95. The highest BCUT2D eigenvalue weighted by Gasteiger charge is 2.28. The Kier molecular flexibility index (Phi) is 5.33. The van der Waals surface area contributed by atoms with E-state index in [9.17, 15) is 4.79 Å². The number of nitrogens with zero attached hydrogens (tertiary/aromatic N) is 3. The summed E-state index contributed by atoms with van der Waals surface area (Å²) in [6.07, 6.45) is 6.78. The zero-order valence-electron chi connectivity index (χ0n) is 15.9. The molecule has 3 aromatic rings. The van der Waals surface area contributed by atoms with Crippen LogP contribution in [0.5, 0.6) is 5.88 Å². The number of carbonyl (C=O) groups is 1. The van der Waals surface area contributed by atoms with E-state index in [0.717, 1.165) is 42.6 Å². The van der Waals surface area contributed by atoms with E-state index in [1.807, 2.05) is 59.6 Å². The molecule has 2 aromatic heterocycles. The summed E-state index contributed by atoms with van der Waals surface area (Å²) in [6.45, 7) is 0.775. The number of likely N-dealkylation sites (tertiary alicyclic amines) is 1. The summed E-state index contributed by atoms with van der Waals surface area (Å²) in [7, 11) is 1.60. The molecule has 1 atom stereocenters. The maximum Gasteiger partial charge on any atom is 0.254 e. The molecular weight excluding hydrogens is 350 g/mol.